The van der Waals surface area contributed by atoms with Crippen LogP contribution in [-0.4, -0.2) is 55.0 Å². The van der Waals surface area contributed by atoms with Crippen LogP contribution in [-0.2, 0) is 24.1 Å². The van der Waals surface area contributed by atoms with Gasteiger partial charge in [-0.2, -0.15) is 13.2 Å². The van der Waals surface area contributed by atoms with Crippen LogP contribution in [0.1, 0.15) is 40.9 Å². The normalized spacial score (nSPS) is 15.5. The summed E-state index contributed by atoms with van der Waals surface area (Å²) in [6, 6.07) is 11.0. The molecule has 1 saturated heterocycles. The Hall–Kier alpha value is -2.87. The number of benzene rings is 2. The SMILES string of the molecule is CCc1ccc(C[C@@H](N)C(=O)N2CCN(c3ccc(C(=O)C(F)(F)F)cc3)CC2)cc1CC. The highest BCUT2D eigenvalue weighted by molar-refractivity contribution is 6.00. The summed E-state index contributed by atoms with van der Waals surface area (Å²) in [6.07, 6.45) is -2.50. The van der Waals surface area contributed by atoms with Crippen molar-refractivity contribution >= 4 is 17.4 Å². The molecule has 1 fully saturated rings. The number of carbonyl (C=O) groups is 2. The van der Waals surface area contributed by atoms with Gasteiger partial charge in [0, 0.05) is 37.4 Å². The monoisotopic (exact) mass is 461 g/mol. The van der Waals surface area contributed by atoms with Crippen molar-refractivity contribution in [2.45, 2.75) is 45.3 Å². The molecule has 3 rings (SSSR count). The molecular weight excluding hydrogens is 431 g/mol. The Kier molecular flexibility index (Phi) is 7.79. The maximum Gasteiger partial charge on any atom is 0.454 e. The Morgan fingerprint density at radius 1 is 0.939 bits per heavy atom. The van der Waals surface area contributed by atoms with Crippen LogP contribution < -0.4 is 10.6 Å². The summed E-state index contributed by atoms with van der Waals surface area (Å²) in [5.41, 5.74) is 10.2. The van der Waals surface area contributed by atoms with Crippen molar-refractivity contribution < 1.29 is 22.8 Å². The lowest BCUT2D eigenvalue weighted by Gasteiger charge is -2.37. The van der Waals surface area contributed by atoms with Crippen molar-refractivity contribution in [1.82, 2.24) is 4.90 Å². The molecule has 2 aromatic carbocycles. The molecule has 5 nitrogen and oxygen atoms in total. The van der Waals surface area contributed by atoms with E-state index in [-0.39, 0.29) is 11.5 Å². The average molecular weight is 462 g/mol. The third-order valence-corrected chi connectivity index (χ3v) is 6.15. The molecule has 1 amide bonds. The molecule has 0 bridgehead atoms. The molecule has 0 unspecified atom stereocenters. The van der Waals surface area contributed by atoms with Gasteiger partial charge in [-0.3, -0.25) is 9.59 Å². The first-order valence-electron chi connectivity index (χ1n) is 11.3. The topological polar surface area (TPSA) is 66.6 Å². The van der Waals surface area contributed by atoms with E-state index >= 15 is 0 Å². The Labute approximate surface area is 192 Å². The van der Waals surface area contributed by atoms with Crippen molar-refractivity contribution in [2.75, 3.05) is 31.1 Å². The Morgan fingerprint density at radius 2 is 1.55 bits per heavy atom. The molecule has 2 aromatic rings. The zero-order valence-electron chi connectivity index (χ0n) is 19.0. The van der Waals surface area contributed by atoms with E-state index in [9.17, 15) is 22.8 Å². The van der Waals surface area contributed by atoms with Gasteiger partial charge in [0.2, 0.25) is 5.91 Å². The highest BCUT2D eigenvalue weighted by atomic mass is 19.4. The summed E-state index contributed by atoms with van der Waals surface area (Å²) < 4.78 is 37.7. The second-order valence-electron chi connectivity index (χ2n) is 8.31. The van der Waals surface area contributed by atoms with Crippen molar-refractivity contribution in [1.29, 1.82) is 0 Å². The van der Waals surface area contributed by atoms with Gasteiger partial charge in [0.05, 0.1) is 6.04 Å². The molecule has 0 radical (unpaired) electrons. The van der Waals surface area contributed by atoms with E-state index in [4.69, 9.17) is 5.73 Å². The predicted molar refractivity (Wildman–Crippen MR) is 122 cm³/mol. The third kappa shape index (κ3) is 5.93. The van der Waals surface area contributed by atoms with Crippen molar-refractivity contribution in [3.63, 3.8) is 0 Å². The quantitative estimate of drug-likeness (QED) is 0.638. The van der Waals surface area contributed by atoms with Gasteiger partial charge in [-0.15, -0.1) is 0 Å². The fourth-order valence-electron chi connectivity index (χ4n) is 4.23. The van der Waals surface area contributed by atoms with Crippen LogP contribution >= 0.6 is 0 Å². The summed E-state index contributed by atoms with van der Waals surface area (Å²) in [4.78, 5) is 27.9. The molecule has 0 aromatic heterocycles. The number of aryl methyl sites for hydroxylation is 2. The van der Waals surface area contributed by atoms with Crippen molar-refractivity contribution in [2.24, 2.45) is 5.73 Å². The van der Waals surface area contributed by atoms with Crippen molar-refractivity contribution in [3.8, 4) is 0 Å². The molecule has 0 aliphatic carbocycles. The third-order valence-electron chi connectivity index (χ3n) is 6.15. The minimum atomic E-state index is -4.89. The fourth-order valence-corrected chi connectivity index (χ4v) is 4.23. The smallest absolute Gasteiger partial charge is 0.368 e. The van der Waals surface area contributed by atoms with E-state index in [0.717, 1.165) is 18.4 Å². The number of nitrogens with zero attached hydrogens (tertiary/aromatic N) is 2. The Balaban J connectivity index is 1.56. The largest absolute Gasteiger partial charge is 0.454 e. The van der Waals surface area contributed by atoms with E-state index in [1.807, 2.05) is 11.0 Å². The maximum atomic E-state index is 12.9. The van der Waals surface area contributed by atoms with Gasteiger partial charge >= 0.3 is 6.18 Å². The standard InChI is InChI=1S/C25H30F3N3O2/c1-3-18-6-5-17(15-19(18)4-2)16-22(29)24(33)31-13-11-30(12-14-31)21-9-7-20(8-10-21)23(32)25(26,27)28/h5-10,15,22H,3-4,11-14,16,29H2,1-2H3/t22-/m1/s1. The molecular formula is C25H30F3N3O2. The van der Waals surface area contributed by atoms with Gasteiger partial charge in [-0.05, 0) is 60.2 Å². The molecule has 1 aliphatic heterocycles. The molecule has 33 heavy (non-hydrogen) atoms. The van der Waals surface area contributed by atoms with E-state index in [0.29, 0.717) is 38.3 Å². The molecule has 0 spiro atoms. The molecule has 0 saturated carbocycles. The van der Waals surface area contributed by atoms with Crippen molar-refractivity contribution in [3.05, 3.63) is 64.7 Å². The van der Waals surface area contributed by atoms with Gasteiger partial charge in [0.1, 0.15) is 0 Å². The summed E-state index contributed by atoms with van der Waals surface area (Å²) in [5, 5.41) is 0. The van der Waals surface area contributed by atoms with E-state index < -0.39 is 18.0 Å². The summed E-state index contributed by atoms with van der Waals surface area (Å²) in [6.45, 7) is 6.27. The lowest BCUT2D eigenvalue weighted by atomic mass is 9.96. The molecule has 2 N–H and O–H groups in total. The van der Waals surface area contributed by atoms with E-state index in [1.54, 1.807) is 4.90 Å². The molecule has 8 heteroatoms. The number of anilines is 1. The minimum Gasteiger partial charge on any atom is -0.368 e. The molecule has 1 aliphatic rings. The number of piperazine rings is 1. The highest BCUT2D eigenvalue weighted by Crippen LogP contribution is 2.24. The van der Waals surface area contributed by atoms with Crippen LogP contribution in [0.3, 0.4) is 0 Å². The van der Waals surface area contributed by atoms with E-state index in [2.05, 4.69) is 26.0 Å². The molecule has 178 valence electrons. The lowest BCUT2D eigenvalue weighted by molar-refractivity contribution is -0.132. The zero-order valence-corrected chi connectivity index (χ0v) is 19.0. The Morgan fingerprint density at radius 3 is 2.09 bits per heavy atom. The predicted octanol–water partition coefficient (Wildman–Crippen LogP) is 3.78. The maximum absolute atomic E-state index is 12.9. The van der Waals surface area contributed by atoms with Crippen LogP contribution in [0.25, 0.3) is 0 Å². The van der Waals surface area contributed by atoms with Crippen LogP contribution in [0.5, 0.6) is 0 Å². The van der Waals surface area contributed by atoms with Gasteiger partial charge in [0.25, 0.3) is 5.78 Å². The number of hydrogen-bond donors (Lipinski definition) is 1. The fraction of sp³-hybridized carbons (Fsp3) is 0.440. The number of amides is 1. The van der Waals surface area contributed by atoms with Crippen LogP contribution in [0, 0.1) is 0 Å². The summed E-state index contributed by atoms with van der Waals surface area (Å²) in [5.74, 6) is -1.95. The molecule has 1 atom stereocenters. The number of hydrogen-bond acceptors (Lipinski definition) is 4. The number of nitrogens with two attached hydrogens (primary N) is 1. The van der Waals surface area contributed by atoms with Gasteiger partial charge in [-0.1, -0.05) is 32.0 Å². The molecule has 1 heterocycles. The second-order valence-corrected chi connectivity index (χ2v) is 8.31. The highest BCUT2D eigenvalue weighted by Gasteiger charge is 2.39. The second kappa shape index (κ2) is 10.4. The first kappa shape index (κ1) is 24.8. The lowest BCUT2D eigenvalue weighted by Crippen LogP contribution is -2.53. The zero-order chi connectivity index (χ0) is 24.2. The summed E-state index contributed by atoms with van der Waals surface area (Å²) in [7, 11) is 0. The summed E-state index contributed by atoms with van der Waals surface area (Å²) >= 11 is 0. The van der Waals surface area contributed by atoms with Crippen LogP contribution in [0.4, 0.5) is 18.9 Å². The van der Waals surface area contributed by atoms with Crippen LogP contribution in [0.15, 0.2) is 42.5 Å². The Bertz CT molecular complexity index is 981. The van der Waals surface area contributed by atoms with E-state index in [1.165, 1.54) is 35.4 Å². The number of halogens is 3. The number of alkyl halides is 3. The first-order chi connectivity index (χ1) is 15.6. The number of Topliss-reactive ketones (excluding diaryl/α,β-unsaturated/α-hetero) is 1. The van der Waals surface area contributed by atoms with Gasteiger partial charge < -0.3 is 15.5 Å². The first-order valence-corrected chi connectivity index (χ1v) is 11.3. The number of rotatable bonds is 7. The number of carbonyl (C=O) groups excluding carboxylic acids is 2. The van der Waals surface area contributed by atoms with Gasteiger partial charge in [0.15, 0.2) is 0 Å². The minimum absolute atomic E-state index is 0.0987. The number of ketones is 1. The average Bonchev–Trinajstić information content (AvgIpc) is 2.82. The van der Waals surface area contributed by atoms with Gasteiger partial charge in [-0.25, -0.2) is 0 Å². The van der Waals surface area contributed by atoms with Crippen LogP contribution in [0.2, 0.25) is 0 Å².